The molecule has 1 aromatic rings. The molecule has 0 spiro atoms. The molecule has 9 heteroatoms. The highest BCUT2D eigenvalue weighted by atomic mass is 16.6. The van der Waals surface area contributed by atoms with Gasteiger partial charge in [0.25, 0.3) is 0 Å². The number of amides is 2. The molecule has 100 valence electrons. The summed E-state index contributed by atoms with van der Waals surface area (Å²) in [5, 5.41) is 12.8. The monoisotopic (exact) mass is 265 g/mol. The fourth-order valence-corrected chi connectivity index (χ4v) is 1.77. The number of nitrogens with zero attached hydrogens (tertiary/aromatic N) is 3. The van der Waals surface area contributed by atoms with E-state index >= 15 is 0 Å². The van der Waals surface area contributed by atoms with Gasteiger partial charge in [-0.05, 0) is 13.0 Å². The van der Waals surface area contributed by atoms with Gasteiger partial charge in [0.2, 0.25) is 17.6 Å². The number of pyridine rings is 1. The number of hydrogen-bond acceptors (Lipinski definition) is 7. The second-order valence-electron chi connectivity index (χ2n) is 4.05. The van der Waals surface area contributed by atoms with E-state index in [0.717, 1.165) is 0 Å². The van der Waals surface area contributed by atoms with Crippen LogP contribution in [-0.2, 0) is 9.59 Å². The number of carbonyl (C=O) groups is 2. The van der Waals surface area contributed by atoms with Gasteiger partial charge in [-0.15, -0.1) is 0 Å². The Morgan fingerprint density at radius 1 is 1.53 bits per heavy atom. The highest BCUT2D eigenvalue weighted by molar-refractivity contribution is 6.04. The molecule has 9 nitrogen and oxygen atoms in total. The average molecular weight is 265 g/mol. The summed E-state index contributed by atoms with van der Waals surface area (Å²) in [5.41, 5.74) is 5.16. The number of nitrogens with one attached hydrogen (secondary N) is 1. The van der Waals surface area contributed by atoms with E-state index in [1.807, 2.05) is 0 Å². The van der Waals surface area contributed by atoms with Crippen molar-refractivity contribution in [2.75, 3.05) is 17.2 Å². The van der Waals surface area contributed by atoms with E-state index in [2.05, 4.69) is 10.3 Å². The maximum absolute atomic E-state index is 11.5. The Labute approximate surface area is 107 Å². The molecule has 19 heavy (non-hydrogen) atoms. The van der Waals surface area contributed by atoms with E-state index in [-0.39, 0.29) is 23.9 Å². The molecule has 1 aromatic heterocycles. The minimum absolute atomic E-state index is 0.0584. The maximum Gasteiger partial charge on any atom is 0.311 e. The van der Waals surface area contributed by atoms with Gasteiger partial charge in [0.1, 0.15) is 11.9 Å². The van der Waals surface area contributed by atoms with Gasteiger partial charge < -0.3 is 10.6 Å². The molecule has 1 aliphatic rings. The van der Waals surface area contributed by atoms with Crippen molar-refractivity contribution >= 4 is 29.1 Å². The highest BCUT2D eigenvalue weighted by Gasteiger charge is 2.31. The normalized spacial score (nSPS) is 19.2. The molecule has 1 fully saturated rings. The van der Waals surface area contributed by atoms with Crippen LogP contribution in [0.5, 0.6) is 0 Å². The molecule has 1 unspecified atom stereocenters. The van der Waals surface area contributed by atoms with Crippen LogP contribution in [0.15, 0.2) is 12.1 Å². The van der Waals surface area contributed by atoms with Crippen LogP contribution in [0.1, 0.15) is 6.92 Å². The van der Waals surface area contributed by atoms with Gasteiger partial charge in [-0.25, -0.2) is 4.98 Å². The van der Waals surface area contributed by atoms with E-state index in [1.165, 1.54) is 17.0 Å². The number of nitro groups is 1. The standard InChI is InChI=1S/C10H11N5O4/c1-5-10(17)13-8(16)4-14(5)7-3-2-6(15(18)19)9(11)12-7/h2-3,5H,4H2,1H3,(H2,11,12)(H,13,16,17). The van der Waals surface area contributed by atoms with E-state index < -0.39 is 22.8 Å². The number of hydrogen-bond donors (Lipinski definition) is 2. The summed E-state index contributed by atoms with van der Waals surface area (Å²) in [6, 6.07) is 1.95. The summed E-state index contributed by atoms with van der Waals surface area (Å²) in [6.07, 6.45) is 0. The van der Waals surface area contributed by atoms with Gasteiger partial charge >= 0.3 is 5.69 Å². The van der Waals surface area contributed by atoms with E-state index in [0.29, 0.717) is 0 Å². The Hall–Kier alpha value is -2.71. The largest absolute Gasteiger partial charge is 0.378 e. The van der Waals surface area contributed by atoms with Crippen molar-refractivity contribution in [1.82, 2.24) is 10.3 Å². The summed E-state index contributed by atoms with van der Waals surface area (Å²) in [5.74, 6) is -0.913. The van der Waals surface area contributed by atoms with Crippen LogP contribution in [0, 0.1) is 10.1 Å². The number of nitrogens with two attached hydrogens (primary N) is 1. The van der Waals surface area contributed by atoms with Crippen LogP contribution in [0.3, 0.4) is 0 Å². The summed E-state index contributed by atoms with van der Waals surface area (Å²) in [6.45, 7) is 1.54. The van der Waals surface area contributed by atoms with Gasteiger partial charge in [-0.2, -0.15) is 0 Å². The molecule has 0 aliphatic carbocycles. The topological polar surface area (TPSA) is 131 Å². The van der Waals surface area contributed by atoms with Gasteiger partial charge in [0, 0.05) is 6.07 Å². The quantitative estimate of drug-likeness (QED) is 0.415. The van der Waals surface area contributed by atoms with Crippen LogP contribution in [0.25, 0.3) is 0 Å². The fraction of sp³-hybridized carbons (Fsp3) is 0.300. The number of carbonyl (C=O) groups excluding carboxylic acids is 2. The lowest BCUT2D eigenvalue weighted by Crippen LogP contribution is -2.57. The Morgan fingerprint density at radius 3 is 2.79 bits per heavy atom. The fourth-order valence-electron chi connectivity index (χ4n) is 1.77. The third kappa shape index (κ3) is 2.30. The Bertz CT molecular complexity index is 573. The molecule has 2 amide bonds. The molecule has 2 heterocycles. The van der Waals surface area contributed by atoms with E-state index in [9.17, 15) is 19.7 Å². The SMILES string of the molecule is CC1C(=O)NC(=O)CN1c1ccc([N+](=O)[O-])c(N)n1. The zero-order valence-electron chi connectivity index (χ0n) is 9.99. The van der Waals surface area contributed by atoms with Crippen molar-refractivity contribution in [3.05, 3.63) is 22.2 Å². The third-order valence-electron chi connectivity index (χ3n) is 2.80. The maximum atomic E-state index is 11.5. The van der Waals surface area contributed by atoms with E-state index in [4.69, 9.17) is 5.73 Å². The van der Waals surface area contributed by atoms with Crippen molar-refractivity contribution in [3.8, 4) is 0 Å². The van der Waals surface area contributed by atoms with Crippen LogP contribution >= 0.6 is 0 Å². The first-order valence-electron chi connectivity index (χ1n) is 5.41. The minimum atomic E-state index is -0.649. The first-order valence-corrected chi connectivity index (χ1v) is 5.41. The number of imide groups is 1. The lowest BCUT2D eigenvalue weighted by atomic mass is 10.2. The first-order chi connectivity index (χ1) is 8.90. The molecule has 1 aliphatic heterocycles. The first kappa shape index (κ1) is 12.7. The van der Waals surface area contributed by atoms with Crippen molar-refractivity contribution in [2.24, 2.45) is 0 Å². The summed E-state index contributed by atoms with van der Waals surface area (Å²) >= 11 is 0. The zero-order valence-corrected chi connectivity index (χ0v) is 9.99. The number of piperazine rings is 1. The van der Waals surface area contributed by atoms with Crippen molar-refractivity contribution in [2.45, 2.75) is 13.0 Å². The van der Waals surface area contributed by atoms with Gasteiger partial charge in [0.15, 0.2) is 0 Å². The predicted molar refractivity (Wildman–Crippen MR) is 65.3 cm³/mol. The average Bonchev–Trinajstić information content (AvgIpc) is 2.33. The molecule has 1 atom stereocenters. The highest BCUT2D eigenvalue weighted by Crippen LogP contribution is 2.24. The smallest absolute Gasteiger partial charge is 0.311 e. The number of aromatic nitrogens is 1. The van der Waals surface area contributed by atoms with E-state index in [1.54, 1.807) is 6.92 Å². The molecule has 0 radical (unpaired) electrons. The van der Waals surface area contributed by atoms with Crippen LogP contribution in [0.4, 0.5) is 17.3 Å². The molecule has 1 saturated heterocycles. The minimum Gasteiger partial charge on any atom is -0.378 e. The number of rotatable bonds is 2. The summed E-state index contributed by atoms with van der Waals surface area (Å²) < 4.78 is 0. The molecule has 0 aromatic carbocycles. The Kier molecular flexibility index (Phi) is 3.03. The second kappa shape index (κ2) is 4.52. The molecule has 0 saturated carbocycles. The van der Waals surface area contributed by atoms with Crippen molar-refractivity contribution in [3.63, 3.8) is 0 Å². The molecule has 2 rings (SSSR count). The lowest BCUT2D eigenvalue weighted by molar-refractivity contribution is -0.384. The lowest BCUT2D eigenvalue weighted by Gasteiger charge is -2.32. The van der Waals surface area contributed by atoms with Gasteiger partial charge in [0.05, 0.1) is 11.5 Å². The molecule has 3 N–H and O–H groups in total. The second-order valence-corrected chi connectivity index (χ2v) is 4.05. The van der Waals surface area contributed by atoms with Crippen LogP contribution < -0.4 is 16.0 Å². The summed E-state index contributed by atoms with van der Waals surface area (Å²) in [4.78, 5) is 38.1. The van der Waals surface area contributed by atoms with Crippen molar-refractivity contribution in [1.29, 1.82) is 0 Å². The molecular weight excluding hydrogens is 254 g/mol. The third-order valence-corrected chi connectivity index (χ3v) is 2.80. The number of nitrogen functional groups attached to an aromatic ring is 1. The summed E-state index contributed by atoms with van der Waals surface area (Å²) in [7, 11) is 0. The number of anilines is 2. The molecular formula is C10H11N5O4. The van der Waals surface area contributed by atoms with Gasteiger partial charge in [-0.1, -0.05) is 0 Å². The Balaban J connectivity index is 2.36. The zero-order chi connectivity index (χ0) is 14.2. The van der Waals surface area contributed by atoms with Crippen LogP contribution in [-0.4, -0.2) is 34.3 Å². The molecule has 0 bridgehead atoms. The van der Waals surface area contributed by atoms with Crippen LogP contribution in [0.2, 0.25) is 0 Å². The predicted octanol–water partition coefficient (Wildman–Crippen LogP) is -0.577. The van der Waals surface area contributed by atoms with Gasteiger partial charge in [-0.3, -0.25) is 25.0 Å². The van der Waals surface area contributed by atoms with Crippen molar-refractivity contribution < 1.29 is 14.5 Å². The Morgan fingerprint density at radius 2 is 2.21 bits per heavy atom.